The molecule has 0 aliphatic carbocycles. The fourth-order valence-electron chi connectivity index (χ4n) is 5.66. The molecule has 1 aromatic heterocycles. The Bertz CT molecular complexity index is 1830. The number of anilines is 2. The highest BCUT2D eigenvalue weighted by atomic mass is 16.5. The Labute approximate surface area is 239 Å². The number of nitrogens with zero attached hydrogens (tertiary/aromatic N) is 5. The topological polar surface area (TPSA) is 67.0 Å². The molecule has 0 spiro atoms. The minimum absolute atomic E-state index is 0.151. The molecule has 202 valence electrons. The second-order valence-corrected chi connectivity index (χ2v) is 10.4. The average Bonchev–Trinajstić information content (AvgIpc) is 3.33. The van der Waals surface area contributed by atoms with Gasteiger partial charge in [0.25, 0.3) is 0 Å². The zero-order valence-electron chi connectivity index (χ0n) is 23.5. The van der Waals surface area contributed by atoms with Gasteiger partial charge >= 0.3 is 0 Å². The van der Waals surface area contributed by atoms with Crippen molar-refractivity contribution in [3.63, 3.8) is 0 Å². The number of para-hydroxylation sites is 2. The number of aliphatic imine (C=N–C) groups is 2. The van der Waals surface area contributed by atoms with Crippen molar-refractivity contribution in [2.24, 2.45) is 9.98 Å². The molecule has 0 bridgehead atoms. The first-order valence-electron chi connectivity index (χ1n) is 13.7. The van der Waals surface area contributed by atoms with Gasteiger partial charge in [0.2, 0.25) is 0 Å². The van der Waals surface area contributed by atoms with Crippen molar-refractivity contribution in [3.8, 4) is 11.4 Å². The van der Waals surface area contributed by atoms with Gasteiger partial charge in [-0.15, -0.1) is 0 Å². The second-order valence-electron chi connectivity index (χ2n) is 10.4. The van der Waals surface area contributed by atoms with Crippen LogP contribution < -0.4 is 15.0 Å². The molecule has 5 aromatic rings. The van der Waals surface area contributed by atoms with Crippen LogP contribution >= 0.6 is 0 Å². The number of ether oxygens (including phenoxy) is 1. The molecular formula is C34H30N6O. The first-order chi connectivity index (χ1) is 20.0. The molecule has 0 saturated heterocycles. The van der Waals surface area contributed by atoms with E-state index in [-0.39, 0.29) is 6.04 Å². The van der Waals surface area contributed by atoms with E-state index in [4.69, 9.17) is 19.8 Å². The third-order valence-electron chi connectivity index (χ3n) is 7.75. The summed E-state index contributed by atoms with van der Waals surface area (Å²) >= 11 is 0. The number of rotatable bonds is 4. The summed E-state index contributed by atoms with van der Waals surface area (Å²) in [5, 5.41) is 8.60. The van der Waals surface area contributed by atoms with Crippen molar-refractivity contribution in [1.82, 2.24) is 9.78 Å². The molecule has 2 aliphatic rings. The van der Waals surface area contributed by atoms with E-state index in [1.54, 1.807) is 7.11 Å². The molecule has 0 radical (unpaired) electrons. The first kappa shape index (κ1) is 24.8. The predicted molar refractivity (Wildman–Crippen MR) is 166 cm³/mol. The Morgan fingerprint density at radius 1 is 0.780 bits per heavy atom. The maximum absolute atomic E-state index is 5.37. The molecule has 2 aliphatic heterocycles. The van der Waals surface area contributed by atoms with E-state index in [1.165, 1.54) is 16.7 Å². The molecule has 7 heteroatoms. The Balaban J connectivity index is 1.48. The van der Waals surface area contributed by atoms with Gasteiger partial charge in [-0.25, -0.2) is 14.7 Å². The molecule has 0 amide bonds. The lowest BCUT2D eigenvalue weighted by molar-refractivity contribution is 0.415. The van der Waals surface area contributed by atoms with Gasteiger partial charge in [0.05, 0.1) is 35.9 Å². The van der Waals surface area contributed by atoms with E-state index >= 15 is 0 Å². The number of aryl methyl sites for hydroxylation is 3. The van der Waals surface area contributed by atoms with E-state index in [1.807, 2.05) is 35.0 Å². The largest absolute Gasteiger partial charge is 0.497 e. The Morgan fingerprint density at radius 3 is 2.27 bits per heavy atom. The minimum Gasteiger partial charge on any atom is -0.497 e. The zero-order valence-corrected chi connectivity index (χ0v) is 23.5. The summed E-state index contributed by atoms with van der Waals surface area (Å²) < 4.78 is 7.33. The van der Waals surface area contributed by atoms with E-state index in [2.05, 4.69) is 97.7 Å². The number of hydrogen-bond acceptors (Lipinski definition) is 6. The number of fused-ring (bicyclic) bond motifs is 4. The van der Waals surface area contributed by atoms with Crippen LogP contribution in [0.2, 0.25) is 0 Å². The van der Waals surface area contributed by atoms with Crippen molar-refractivity contribution in [1.29, 1.82) is 0 Å². The van der Waals surface area contributed by atoms with Crippen LogP contribution in [0.5, 0.6) is 5.75 Å². The number of methoxy groups -OCH3 is 1. The summed E-state index contributed by atoms with van der Waals surface area (Å²) in [5.41, 5.74) is 9.40. The van der Waals surface area contributed by atoms with Crippen molar-refractivity contribution < 1.29 is 4.74 Å². The van der Waals surface area contributed by atoms with Crippen LogP contribution in [0.4, 0.5) is 22.9 Å². The third-order valence-corrected chi connectivity index (χ3v) is 7.75. The molecule has 3 heterocycles. The van der Waals surface area contributed by atoms with Gasteiger partial charge in [0.15, 0.2) is 17.5 Å². The molecule has 41 heavy (non-hydrogen) atoms. The van der Waals surface area contributed by atoms with Crippen molar-refractivity contribution in [2.45, 2.75) is 26.8 Å². The molecule has 7 rings (SSSR count). The highest BCUT2D eigenvalue weighted by Crippen LogP contribution is 2.48. The molecule has 1 atom stereocenters. The molecule has 1 N–H and O–H groups in total. The van der Waals surface area contributed by atoms with E-state index < -0.39 is 0 Å². The molecular weight excluding hydrogens is 508 g/mol. The standard InChI is InChI=1S/C34H30N6O/c1-21-13-17-25(18-14-21)40-33-30(23(3)38-40)31(27-10-6-5-9-22(27)2)39-29-12-8-7-11-28(29)36-32(34(39)37-33)35-24-15-19-26(41-4)20-16-24/h5-20,31H,1-4H3,(H,35,36)/t31-/m0/s1. The quantitative estimate of drug-likeness (QED) is 0.256. The number of amidine groups is 2. The van der Waals surface area contributed by atoms with Gasteiger partial charge < -0.3 is 15.0 Å². The van der Waals surface area contributed by atoms with Crippen LogP contribution in [0.1, 0.15) is 34.0 Å². The Morgan fingerprint density at radius 2 is 1.51 bits per heavy atom. The van der Waals surface area contributed by atoms with E-state index in [0.29, 0.717) is 5.84 Å². The van der Waals surface area contributed by atoms with Gasteiger partial charge in [0, 0.05) is 11.3 Å². The highest BCUT2D eigenvalue weighted by Gasteiger charge is 2.41. The number of aromatic nitrogens is 2. The first-order valence-corrected chi connectivity index (χ1v) is 13.7. The lowest BCUT2D eigenvalue weighted by Crippen LogP contribution is -2.46. The lowest BCUT2D eigenvalue weighted by Gasteiger charge is -2.41. The van der Waals surface area contributed by atoms with Crippen LogP contribution in [0.15, 0.2) is 107 Å². The van der Waals surface area contributed by atoms with Crippen LogP contribution in [0.25, 0.3) is 5.69 Å². The SMILES string of the molecule is COc1ccc(NC2=Nc3ccccc3N3C2=Nc2c(c(C)nn2-c2ccc(C)cc2)[C@@H]3c2ccccc2C)cc1. The zero-order chi connectivity index (χ0) is 28.1. The van der Waals surface area contributed by atoms with Gasteiger partial charge in [-0.1, -0.05) is 54.1 Å². The summed E-state index contributed by atoms with van der Waals surface area (Å²) in [6.07, 6.45) is 0. The van der Waals surface area contributed by atoms with Crippen LogP contribution in [-0.4, -0.2) is 28.6 Å². The normalized spacial score (nSPS) is 15.3. The van der Waals surface area contributed by atoms with Crippen molar-refractivity contribution in [2.75, 3.05) is 17.3 Å². The Kier molecular flexibility index (Phi) is 5.93. The van der Waals surface area contributed by atoms with Gasteiger partial charge in [-0.2, -0.15) is 5.10 Å². The highest BCUT2D eigenvalue weighted by molar-refractivity contribution is 6.51. The Hall–Kier alpha value is -5.17. The summed E-state index contributed by atoms with van der Waals surface area (Å²) in [7, 11) is 1.67. The maximum atomic E-state index is 5.37. The molecule has 0 unspecified atom stereocenters. The third kappa shape index (κ3) is 4.17. The van der Waals surface area contributed by atoms with E-state index in [0.717, 1.165) is 51.4 Å². The average molecular weight is 539 g/mol. The minimum atomic E-state index is -0.151. The monoisotopic (exact) mass is 538 g/mol. The van der Waals surface area contributed by atoms with Crippen molar-refractivity contribution in [3.05, 3.63) is 125 Å². The van der Waals surface area contributed by atoms with Crippen LogP contribution in [0, 0.1) is 20.8 Å². The van der Waals surface area contributed by atoms with E-state index in [9.17, 15) is 0 Å². The summed E-state index contributed by atoms with van der Waals surface area (Å²) in [6, 6.07) is 32.9. The van der Waals surface area contributed by atoms with Gasteiger partial charge in [-0.05, 0) is 80.4 Å². The lowest BCUT2D eigenvalue weighted by atomic mass is 9.90. The van der Waals surface area contributed by atoms with Crippen LogP contribution in [0.3, 0.4) is 0 Å². The summed E-state index contributed by atoms with van der Waals surface area (Å²) in [5.74, 6) is 3.03. The maximum Gasteiger partial charge on any atom is 0.179 e. The fourth-order valence-corrected chi connectivity index (χ4v) is 5.66. The number of nitrogens with one attached hydrogen (secondary N) is 1. The predicted octanol–water partition coefficient (Wildman–Crippen LogP) is 7.60. The number of hydrogen-bond donors (Lipinski definition) is 1. The molecule has 4 aromatic carbocycles. The summed E-state index contributed by atoms with van der Waals surface area (Å²) in [6.45, 7) is 6.34. The molecule has 7 nitrogen and oxygen atoms in total. The smallest absolute Gasteiger partial charge is 0.179 e. The summed E-state index contributed by atoms with van der Waals surface area (Å²) in [4.78, 5) is 12.7. The van der Waals surface area contributed by atoms with Crippen molar-refractivity contribution >= 4 is 34.6 Å². The van der Waals surface area contributed by atoms with Gasteiger partial charge in [0.1, 0.15) is 5.75 Å². The van der Waals surface area contributed by atoms with Gasteiger partial charge in [-0.3, -0.25) is 0 Å². The fraction of sp³-hybridized carbons (Fsp3) is 0.147. The second kappa shape index (κ2) is 9.78. The molecule has 0 saturated carbocycles. The number of benzene rings is 4. The van der Waals surface area contributed by atoms with Crippen LogP contribution in [-0.2, 0) is 0 Å². The molecule has 0 fully saturated rings.